The fourth-order valence-electron chi connectivity index (χ4n) is 1.37. The summed E-state index contributed by atoms with van der Waals surface area (Å²) in [5.74, 6) is -0.461. The molecule has 6 heteroatoms. The first-order valence-corrected chi connectivity index (χ1v) is 4.67. The fourth-order valence-corrected chi connectivity index (χ4v) is 1.37. The highest BCUT2D eigenvalue weighted by atomic mass is 16.4. The van der Waals surface area contributed by atoms with E-state index in [1.807, 2.05) is 6.92 Å². The monoisotopic (exact) mass is 210 g/mol. The summed E-state index contributed by atoms with van der Waals surface area (Å²) in [6.07, 6.45) is 1.01. The van der Waals surface area contributed by atoms with Crippen molar-refractivity contribution in [3.05, 3.63) is 11.3 Å². The Balaban J connectivity index is 2.98. The normalized spacial score (nSPS) is 10.2. The van der Waals surface area contributed by atoms with Crippen LogP contribution in [0.25, 0.3) is 0 Å². The number of nitrogens with zero attached hydrogens (tertiary/aromatic N) is 2. The number of rotatable bonds is 4. The molecule has 0 aliphatic heterocycles. The van der Waals surface area contributed by atoms with Crippen molar-refractivity contribution >= 4 is 17.7 Å². The number of carbonyl (C=O) groups is 1. The summed E-state index contributed by atoms with van der Waals surface area (Å²) in [7, 11) is 0. The molecule has 0 saturated heterocycles. The van der Waals surface area contributed by atoms with Crippen LogP contribution in [0.1, 0.15) is 24.6 Å². The van der Waals surface area contributed by atoms with Gasteiger partial charge >= 0.3 is 5.97 Å². The third kappa shape index (κ3) is 2.80. The molecule has 1 aromatic heterocycles. The lowest BCUT2D eigenvalue weighted by molar-refractivity contribution is -0.136. The Kier molecular flexibility index (Phi) is 3.43. The summed E-state index contributed by atoms with van der Waals surface area (Å²) in [6, 6.07) is 0. The molecular weight excluding hydrogens is 196 g/mol. The van der Waals surface area contributed by atoms with Crippen LogP contribution >= 0.6 is 0 Å². The topological polar surface area (TPSA) is 115 Å². The van der Waals surface area contributed by atoms with Crippen molar-refractivity contribution < 1.29 is 9.90 Å². The zero-order chi connectivity index (χ0) is 11.4. The van der Waals surface area contributed by atoms with Gasteiger partial charge in [-0.3, -0.25) is 4.79 Å². The molecule has 1 heterocycles. The van der Waals surface area contributed by atoms with Crippen molar-refractivity contribution in [1.29, 1.82) is 0 Å². The van der Waals surface area contributed by atoms with E-state index in [2.05, 4.69) is 9.97 Å². The predicted molar refractivity (Wildman–Crippen MR) is 56.2 cm³/mol. The average molecular weight is 210 g/mol. The van der Waals surface area contributed by atoms with Gasteiger partial charge in [-0.15, -0.1) is 0 Å². The first-order valence-electron chi connectivity index (χ1n) is 4.67. The van der Waals surface area contributed by atoms with Gasteiger partial charge in [-0.25, -0.2) is 4.98 Å². The van der Waals surface area contributed by atoms with Crippen molar-refractivity contribution in [2.24, 2.45) is 0 Å². The summed E-state index contributed by atoms with van der Waals surface area (Å²) < 4.78 is 0. The maximum Gasteiger partial charge on any atom is 0.303 e. The molecule has 0 atom stereocenters. The van der Waals surface area contributed by atoms with Crippen LogP contribution in [0.15, 0.2) is 0 Å². The van der Waals surface area contributed by atoms with Gasteiger partial charge in [0.15, 0.2) is 0 Å². The standard InChI is InChI=1S/C9H14N4O2/c1-2-6-5(3-4-7(14)15)8(10)13-9(11)12-6/h2-4H2,1H3,(H,14,15)(H4,10,11,12,13). The largest absolute Gasteiger partial charge is 0.481 e. The van der Waals surface area contributed by atoms with Crippen LogP contribution in [0.3, 0.4) is 0 Å². The van der Waals surface area contributed by atoms with Gasteiger partial charge in [0.1, 0.15) is 5.82 Å². The molecule has 0 unspecified atom stereocenters. The first kappa shape index (κ1) is 11.2. The zero-order valence-electron chi connectivity index (χ0n) is 8.53. The molecule has 0 aliphatic rings. The lowest BCUT2D eigenvalue weighted by atomic mass is 10.1. The molecule has 82 valence electrons. The molecule has 0 aromatic carbocycles. The highest BCUT2D eigenvalue weighted by molar-refractivity contribution is 5.67. The van der Waals surface area contributed by atoms with E-state index in [-0.39, 0.29) is 18.2 Å². The van der Waals surface area contributed by atoms with E-state index >= 15 is 0 Å². The molecule has 0 amide bonds. The number of aryl methyl sites for hydroxylation is 1. The maximum atomic E-state index is 10.4. The maximum absolute atomic E-state index is 10.4. The Hall–Kier alpha value is -1.85. The minimum atomic E-state index is -0.867. The molecule has 15 heavy (non-hydrogen) atoms. The minimum Gasteiger partial charge on any atom is -0.481 e. The molecule has 0 radical (unpaired) electrons. The lowest BCUT2D eigenvalue weighted by Crippen LogP contribution is -2.10. The smallest absolute Gasteiger partial charge is 0.303 e. The number of nitrogens with two attached hydrogens (primary N) is 2. The van der Waals surface area contributed by atoms with Gasteiger partial charge in [0.05, 0.1) is 5.69 Å². The number of aromatic nitrogens is 2. The van der Waals surface area contributed by atoms with Crippen LogP contribution < -0.4 is 11.5 Å². The molecule has 5 N–H and O–H groups in total. The average Bonchev–Trinajstić information content (AvgIpc) is 2.14. The van der Waals surface area contributed by atoms with Crippen LogP contribution in [0.4, 0.5) is 11.8 Å². The highest BCUT2D eigenvalue weighted by Crippen LogP contribution is 2.17. The Morgan fingerprint density at radius 2 is 2.07 bits per heavy atom. The number of hydrogen-bond acceptors (Lipinski definition) is 5. The second-order valence-corrected chi connectivity index (χ2v) is 3.14. The molecule has 0 fully saturated rings. The van der Waals surface area contributed by atoms with Gasteiger partial charge in [0, 0.05) is 12.0 Å². The molecule has 1 aromatic rings. The van der Waals surface area contributed by atoms with Crippen molar-refractivity contribution in [3.63, 3.8) is 0 Å². The molecule has 0 bridgehead atoms. The zero-order valence-corrected chi connectivity index (χ0v) is 8.53. The lowest BCUT2D eigenvalue weighted by Gasteiger charge is -2.09. The second-order valence-electron chi connectivity index (χ2n) is 3.14. The first-order chi connectivity index (χ1) is 7.04. The van der Waals surface area contributed by atoms with Gasteiger partial charge < -0.3 is 16.6 Å². The van der Waals surface area contributed by atoms with Gasteiger partial charge in [0.2, 0.25) is 5.95 Å². The van der Waals surface area contributed by atoms with Crippen LogP contribution in [-0.2, 0) is 17.6 Å². The van der Waals surface area contributed by atoms with Crippen molar-refractivity contribution in [1.82, 2.24) is 9.97 Å². The second kappa shape index (κ2) is 4.59. The third-order valence-corrected chi connectivity index (χ3v) is 2.07. The van der Waals surface area contributed by atoms with E-state index in [1.165, 1.54) is 0 Å². The predicted octanol–water partition coefficient (Wildman–Crippen LogP) is 0.221. The summed E-state index contributed by atoms with van der Waals surface area (Å²) in [5, 5.41) is 8.58. The van der Waals surface area contributed by atoms with E-state index < -0.39 is 5.97 Å². The number of nitrogen functional groups attached to an aromatic ring is 2. The molecule has 6 nitrogen and oxygen atoms in total. The van der Waals surface area contributed by atoms with E-state index in [4.69, 9.17) is 16.6 Å². The third-order valence-electron chi connectivity index (χ3n) is 2.07. The highest BCUT2D eigenvalue weighted by Gasteiger charge is 2.11. The van der Waals surface area contributed by atoms with Crippen LogP contribution in [-0.4, -0.2) is 21.0 Å². The molecule has 0 spiro atoms. The molecule has 1 rings (SSSR count). The van der Waals surface area contributed by atoms with E-state index in [1.54, 1.807) is 0 Å². The van der Waals surface area contributed by atoms with Gasteiger partial charge in [-0.05, 0) is 12.8 Å². The summed E-state index contributed by atoms with van der Waals surface area (Å²) in [4.78, 5) is 18.3. The van der Waals surface area contributed by atoms with Gasteiger partial charge in [-0.2, -0.15) is 4.98 Å². The van der Waals surface area contributed by atoms with Crippen LogP contribution in [0, 0.1) is 0 Å². The molecule has 0 aliphatic carbocycles. The number of aliphatic carboxylic acids is 1. The fraction of sp³-hybridized carbons (Fsp3) is 0.444. The Morgan fingerprint density at radius 1 is 1.40 bits per heavy atom. The summed E-state index contributed by atoms with van der Waals surface area (Å²) in [6.45, 7) is 1.91. The quantitative estimate of drug-likeness (QED) is 0.654. The Morgan fingerprint density at radius 3 is 2.60 bits per heavy atom. The molecular formula is C9H14N4O2. The van der Waals surface area contributed by atoms with E-state index in [9.17, 15) is 4.79 Å². The SMILES string of the molecule is CCc1nc(N)nc(N)c1CCC(=O)O. The van der Waals surface area contributed by atoms with Gasteiger partial charge in [-0.1, -0.05) is 6.92 Å². The van der Waals surface area contributed by atoms with E-state index in [0.29, 0.717) is 18.4 Å². The van der Waals surface area contributed by atoms with E-state index in [0.717, 1.165) is 5.69 Å². The minimum absolute atomic E-state index is 0.0183. The van der Waals surface area contributed by atoms with Crippen molar-refractivity contribution in [2.75, 3.05) is 11.5 Å². The molecule has 0 saturated carbocycles. The van der Waals surface area contributed by atoms with Crippen molar-refractivity contribution in [3.8, 4) is 0 Å². The Bertz CT molecular complexity index is 379. The number of carboxylic acid groups (broad SMARTS) is 1. The number of hydrogen-bond donors (Lipinski definition) is 3. The Labute approximate surface area is 87.3 Å². The van der Waals surface area contributed by atoms with Gasteiger partial charge in [0.25, 0.3) is 0 Å². The van der Waals surface area contributed by atoms with Crippen LogP contribution in [0.5, 0.6) is 0 Å². The number of anilines is 2. The van der Waals surface area contributed by atoms with Crippen LogP contribution in [0.2, 0.25) is 0 Å². The number of carboxylic acids is 1. The summed E-state index contributed by atoms with van der Waals surface area (Å²) in [5.41, 5.74) is 12.5. The summed E-state index contributed by atoms with van der Waals surface area (Å²) >= 11 is 0. The van der Waals surface area contributed by atoms with Crippen molar-refractivity contribution in [2.45, 2.75) is 26.2 Å².